The molecule has 0 radical (unpaired) electrons. The van der Waals surface area contributed by atoms with Gasteiger partial charge in [0.05, 0.1) is 18.5 Å². The Morgan fingerprint density at radius 1 is 1.25 bits per heavy atom. The van der Waals surface area contributed by atoms with E-state index in [0.717, 1.165) is 12.1 Å². The summed E-state index contributed by atoms with van der Waals surface area (Å²) < 4.78 is 10.0. The first-order valence-corrected chi connectivity index (χ1v) is 9.86. The first-order chi connectivity index (χ1) is 13.5. The predicted octanol–water partition coefficient (Wildman–Crippen LogP) is 3.27. The van der Waals surface area contributed by atoms with Crippen LogP contribution in [0, 0.1) is 6.92 Å². The molecule has 2 aromatic heterocycles. The van der Waals surface area contributed by atoms with Gasteiger partial charge in [0.1, 0.15) is 22.1 Å². The Balaban J connectivity index is 1.79. The summed E-state index contributed by atoms with van der Waals surface area (Å²) in [4.78, 5) is 33.0. The van der Waals surface area contributed by atoms with Crippen LogP contribution in [0.15, 0.2) is 29.1 Å². The number of aromatic amines is 1. The van der Waals surface area contributed by atoms with Gasteiger partial charge < -0.3 is 19.8 Å². The maximum atomic E-state index is 12.5. The Labute approximate surface area is 166 Å². The first-order valence-electron chi connectivity index (χ1n) is 9.04. The number of aromatic nitrogens is 2. The minimum absolute atomic E-state index is 0.165. The fourth-order valence-electron chi connectivity index (χ4n) is 2.79. The molecule has 28 heavy (non-hydrogen) atoms. The largest absolute Gasteiger partial charge is 0.459 e. The zero-order valence-corrected chi connectivity index (χ0v) is 16.9. The van der Waals surface area contributed by atoms with Gasteiger partial charge in [0.15, 0.2) is 0 Å². The number of nitrogens with one attached hydrogen (secondary N) is 2. The van der Waals surface area contributed by atoms with E-state index in [0.29, 0.717) is 39.6 Å². The van der Waals surface area contributed by atoms with E-state index in [1.165, 1.54) is 24.0 Å². The lowest BCUT2D eigenvalue weighted by Gasteiger charge is -2.06. The average Bonchev–Trinajstić information content (AvgIpc) is 3.04. The molecule has 0 aliphatic rings. The fourth-order valence-corrected chi connectivity index (χ4v) is 3.89. The molecule has 0 fully saturated rings. The number of hydrogen-bond acceptors (Lipinski definition) is 7. The lowest BCUT2D eigenvalue weighted by molar-refractivity contribution is 0.0393. The molecule has 148 valence electrons. The Morgan fingerprint density at radius 3 is 2.68 bits per heavy atom. The number of hydrogen-bond donors (Lipinski definition) is 2. The van der Waals surface area contributed by atoms with E-state index in [1.807, 2.05) is 12.1 Å². The van der Waals surface area contributed by atoms with E-state index in [-0.39, 0.29) is 12.2 Å². The molecule has 0 spiro atoms. The number of methoxy groups -OCH3 is 1. The summed E-state index contributed by atoms with van der Waals surface area (Å²) in [6.07, 6.45) is 0.986. The van der Waals surface area contributed by atoms with Gasteiger partial charge in [0.2, 0.25) is 0 Å². The minimum Gasteiger partial charge on any atom is -0.459 e. The number of anilines is 1. The molecule has 2 heterocycles. The first kappa shape index (κ1) is 20.0. The van der Waals surface area contributed by atoms with Crippen LogP contribution < -0.4 is 10.9 Å². The van der Waals surface area contributed by atoms with Crippen LogP contribution in [0.25, 0.3) is 10.2 Å². The molecular weight excluding hydrogens is 378 g/mol. The lowest BCUT2D eigenvalue weighted by Crippen LogP contribution is -2.14. The Hall–Kier alpha value is -2.71. The molecule has 1 aromatic carbocycles. The van der Waals surface area contributed by atoms with E-state index in [2.05, 4.69) is 34.3 Å². The fraction of sp³-hybridized carbons (Fsp3) is 0.350. The van der Waals surface area contributed by atoms with Crippen LogP contribution in [0.5, 0.6) is 0 Å². The van der Waals surface area contributed by atoms with Gasteiger partial charge in [0, 0.05) is 12.8 Å². The summed E-state index contributed by atoms with van der Waals surface area (Å²) in [6.45, 7) is 4.70. The maximum Gasteiger partial charge on any atom is 0.348 e. The van der Waals surface area contributed by atoms with E-state index in [1.54, 1.807) is 6.92 Å². The monoisotopic (exact) mass is 401 g/mol. The molecule has 8 heteroatoms. The topological polar surface area (TPSA) is 93.3 Å². The van der Waals surface area contributed by atoms with Gasteiger partial charge in [-0.05, 0) is 36.6 Å². The summed E-state index contributed by atoms with van der Waals surface area (Å²) >= 11 is 1.17. The predicted molar refractivity (Wildman–Crippen MR) is 110 cm³/mol. The van der Waals surface area contributed by atoms with Crippen LogP contribution in [0.1, 0.15) is 33.5 Å². The number of fused-ring (bicyclic) bond motifs is 1. The van der Waals surface area contributed by atoms with Crippen molar-refractivity contribution >= 4 is 33.2 Å². The summed E-state index contributed by atoms with van der Waals surface area (Å²) in [5.74, 6) is 0.0465. The van der Waals surface area contributed by atoms with Crippen molar-refractivity contribution in [2.45, 2.75) is 26.8 Å². The van der Waals surface area contributed by atoms with E-state index >= 15 is 0 Å². The van der Waals surface area contributed by atoms with Gasteiger partial charge in [-0.15, -0.1) is 11.3 Å². The highest BCUT2D eigenvalue weighted by molar-refractivity contribution is 7.20. The Kier molecular flexibility index (Phi) is 6.43. The van der Waals surface area contributed by atoms with E-state index in [9.17, 15) is 9.59 Å². The standard InChI is InChI=1S/C20H23N3O4S/c1-4-13-5-7-14(8-6-13)21-11-15-22-18(24)16-12(2)17(28-19(16)23-15)20(25)27-10-9-26-3/h5-8,21H,4,9-11H2,1-3H3,(H,22,23,24). The highest BCUT2D eigenvalue weighted by Crippen LogP contribution is 2.27. The maximum absolute atomic E-state index is 12.5. The molecule has 0 aliphatic heterocycles. The SMILES string of the molecule is CCc1ccc(NCc2nc3sc(C(=O)OCCOC)c(C)c3c(=O)[nH]2)cc1. The van der Waals surface area contributed by atoms with Crippen molar-refractivity contribution < 1.29 is 14.3 Å². The average molecular weight is 401 g/mol. The second-order valence-corrected chi connectivity index (χ2v) is 7.28. The number of H-pyrrole nitrogens is 1. The molecule has 0 unspecified atom stereocenters. The Bertz CT molecular complexity index is 1020. The second-order valence-electron chi connectivity index (χ2n) is 6.28. The number of aryl methyl sites for hydroxylation is 2. The van der Waals surface area contributed by atoms with Crippen LogP contribution in [0.4, 0.5) is 5.69 Å². The zero-order chi connectivity index (χ0) is 20.1. The van der Waals surface area contributed by atoms with E-state index < -0.39 is 5.97 Å². The molecule has 3 aromatic rings. The summed E-state index contributed by atoms with van der Waals surface area (Å²) in [5.41, 5.74) is 2.54. The van der Waals surface area contributed by atoms with Crippen LogP contribution in [-0.2, 0) is 22.4 Å². The quantitative estimate of drug-likeness (QED) is 0.444. The lowest BCUT2D eigenvalue weighted by atomic mass is 10.1. The highest BCUT2D eigenvalue weighted by atomic mass is 32.1. The van der Waals surface area contributed by atoms with Crippen LogP contribution in [0.3, 0.4) is 0 Å². The van der Waals surface area contributed by atoms with Crippen molar-refractivity contribution in [2.24, 2.45) is 0 Å². The summed E-state index contributed by atoms with van der Waals surface area (Å²) in [7, 11) is 1.54. The number of thiophene rings is 1. The normalized spacial score (nSPS) is 11.0. The Morgan fingerprint density at radius 2 is 2.00 bits per heavy atom. The third-order valence-corrected chi connectivity index (χ3v) is 5.54. The number of esters is 1. The van der Waals surface area contributed by atoms with Crippen molar-refractivity contribution in [3.05, 3.63) is 56.4 Å². The number of ether oxygens (including phenoxy) is 2. The summed E-state index contributed by atoms with van der Waals surface area (Å²) in [6, 6.07) is 8.12. The molecule has 0 aliphatic carbocycles. The number of rotatable bonds is 8. The van der Waals surface area contributed by atoms with E-state index in [4.69, 9.17) is 9.47 Å². The number of benzene rings is 1. The molecule has 2 N–H and O–H groups in total. The smallest absolute Gasteiger partial charge is 0.348 e. The molecule has 0 amide bonds. The minimum atomic E-state index is -0.465. The highest BCUT2D eigenvalue weighted by Gasteiger charge is 2.20. The summed E-state index contributed by atoms with van der Waals surface area (Å²) in [5, 5.41) is 3.68. The molecular formula is C20H23N3O4S. The van der Waals surface area contributed by atoms with Crippen molar-refractivity contribution in [1.82, 2.24) is 9.97 Å². The van der Waals surface area contributed by atoms with Gasteiger partial charge >= 0.3 is 5.97 Å². The number of nitrogens with zero attached hydrogens (tertiary/aromatic N) is 1. The van der Waals surface area contributed by atoms with Gasteiger partial charge in [-0.3, -0.25) is 4.79 Å². The third-order valence-electron chi connectivity index (χ3n) is 4.38. The second kappa shape index (κ2) is 8.99. The van der Waals surface area contributed by atoms with Crippen molar-refractivity contribution in [2.75, 3.05) is 25.6 Å². The van der Waals surface area contributed by atoms with Crippen LogP contribution in [-0.4, -0.2) is 36.3 Å². The van der Waals surface area contributed by atoms with Crippen LogP contribution >= 0.6 is 11.3 Å². The zero-order valence-electron chi connectivity index (χ0n) is 16.1. The molecule has 0 bridgehead atoms. The van der Waals surface area contributed by atoms with Crippen molar-refractivity contribution in [3.8, 4) is 0 Å². The van der Waals surface area contributed by atoms with Gasteiger partial charge in [0.25, 0.3) is 5.56 Å². The molecule has 0 saturated carbocycles. The van der Waals surface area contributed by atoms with Crippen molar-refractivity contribution in [3.63, 3.8) is 0 Å². The molecule has 3 rings (SSSR count). The van der Waals surface area contributed by atoms with Gasteiger partial charge in [-0.1, -0.05) is 19.1 Å². The number of carbonyl (C=O) groups excluding carboxylic acids is 1. The molecule has 0 saturated heterocycles. The van der Waals surface area contributed by atoms with Gasteiger partial charge in [-0.25, -0.2) is 9.78 Å². The molecule has 7 nitrogen and oxygen atoms in total. The molecule has 0 atom stereocenters. The van der Waals surface area contributed by atoms with Crippen LogP contribution in [0.2, 0.25) is 0 Å². The third kappa shape index (κ3) is 4.40. The van der Waals surface area contributed by atoms with Crippen molar-refractivity contribution in [1.29, 1.82) is 0 Å². The number of carbonyl (C=O) groups is 1. The van der Waals surface area contributed by atoms with Gasteiger partial charge in [-0.2, -0.15) is 0 Å².